The molecule has 0 amide bonds. The molecule has 124 valence electrons. The Morgan fingerprint density at radius 3 is 0.958 bits per heavy atom. The van der Waals surface area contributed by atoms with Crippen LogP contribution >= 0.6 is 7.82 Å². The molecule has 0 aliphatic heterocycles. The van der Waals surface area contributed by atoms with E-state index in [4.69, 9.17) is 19.2 Å². The van der Waals surface area contributed by atoms with E-state index in [-0.39, 0.29) is 0 Å². The first kappa shape index (κ1) is 17.9. The van der Waals surface area contributed by atoms with Crippen LogP contribution in [0.5, 0.6) is 0 Å². The third-order valence-electron chi connectivity index (χ3n) is 3.04. The highest BCUT2D eigenvalue weighted by Crippen LogP contribution is 2.33. The number of hydrogen-bond acceptors (Lipinski definition) is 2. The fraction of sp³-hybridized carbons (Fsp3) is 0. The van der Waals surface area contributed by atoms with Crippen LogP contribution in [0.25, 0.3) is 0 Å². The second-order valence-electron chi connectivity index (χ2n) is 4.86. The van der Waals surface area contributed by atoms with Gasteiger partial charge in [0.05, 0.1) is 0 Å². The van der Waals surface area contributed by atoms with Crippen molar-refractivity contribution in [3.63, 3.8) is 0 Å². The van der Waals surface area contributed by atoms with Crippen molar-refractivity contribution >= 4 is 24.9 Å². The maximum absolute atomic E-state index is 8.88. The third kappa shape index (κ3) is 5.99. The Kier molecular flexibility index (Phi) is 6.29. The van der Waals surface area contributed by atoms with Crippen LogP contribution in [0.4, 0.5) is 17.1 Å². The number of rotatable bonds is 3. The zero-order chi connectivity index (χ0) is 17.4. The molecule has 6 heteroatoms. The maximum Gasteiger partial charge on any atom is 0.466 e. The predicted octanol–water partition coefficient (Wildman–Crippen LogP) is 4.23. The van der Waals surface area contributed by atoms with E-state index in [0.29, 0.717) is 0 Å². The van der Waals surface area contributed by atoms with Crippen molar-refractivity contribution in [1.29, 1.82) is 0 Å². The molecule has 0 aliphatic carbocycles. The molecule has 0 saturated carbocycles. The van der Waals surface area contributed by atoms with Crippen LogP contribution in [0.2, 0.25) is 0 Å². The van der Waals surface area contributed by atoms with Crippen LogP contribution in [0.1, 0.15) is 0 Å². The average Bonchev–Trinajstić information content (AvgIpc) is 2.57. The van der Waals surface area contributed by atoms with Crippen molar-refractivity contribution in [2.75, 3.05) is 4.90 Å². The van der Waals surface area contributed by atoms with E-state index in [0.717, 1.165) is 0 Å². The number of para-hydroxylation sites is 3. The van der Waals surface area contributed by atoms with Crippen molar-refractivity contribution in [1.82, 2.24) is 0 Å². The number of hydrogen-bond donors (Lipinski definition) is 3. The van der Waals surface area contributed by atoms with Gasteiger partial charge in [0.1, 0.15) is 0 Å². The smallest absolute Gasteiger partial charge is 0.311 e. The van der Waals surface area contributed by atoms with Crippen LogP contribution in [0.3, 0.4) is 0 Å². The minimum Gasteiger partial charge on any atom is -0.311 e. The van der Waals surface area contributed by atoms with Gasteiger partial charge in [0.2, 0.25) is 0 Å². The minimum absolute atomic E-state index is 1.17. The fourth-order valence-corrected chi connectivity index (χ4v) is 2.18. The zero-order valence-electron chi connectivity index (χ0n) is 12.8. The molecule has 0 spiro atoms. The minimum atomic E-state index is -4.64. The molecule has 5 nitrogen and oxygen atoms in total. The Balaban J connectivity index is 0.000000368. The van der Waals surface area contributed by atoms with Gasteiger partial charge in [-0.2, -0.15) is 0 Å². The molecular formula is C18H18NO4P. The summed E-state index contributed by atoms with van der Waals surface area (Å²) in [7, 11) is -4.64. The molecular weight excluding hydrogens is 325 g/mol. The van der Waals surface area contributed by atoms with Crippen molar-refractivity contribution < 1.29 is 19.2 Å². The van der Waals surface area contributed by atoms with E-state index in [2.05, 4.69) is 77.7 Å². The van der Waals surface area contributed by atoms with Crippen molar-refractivity contribution in [3.05, 3.63) is 91.0 Å². The Labute approximate surface area is 140 Å². The molecule has 0 unspecified atom stereocenters. The largest absolute Gasteiger partial charge is 0.466 e. The lowest BCUT2D eigenvalue weighted by Crippen LogP contribution is -2.09. The molecule has 0 saturated heterocycles. The summed E-state index contributed by atoms with van der Waals surface area (Å²) in [6.45, 7) is 0. The van der Waals surface area contributed by atoms with Gasteiger partial charge < -0.3 is 19.6 Å². The quantitative estimate of drug-likeness (QED) is 0.620. The van der Waals surface area contributed by atoms with Crippen LogP contribution in [-0.2, 0) is 4.57 Å². The molecule has 0 radical (unpaired) electrons. The Hall–Kier alpha value is -2.43. The number of nitrogens with zero attached hydrogens (tertiary/aromatic N) is 1. The summed E-state index contributed by atoms with van der Waals surface area (Å²) in [5.74, 6) is 0. The Morgan fingerprint density at radius 1 is 0.542 bits per heavy atom. The third-order valence-corrected chi connectivity index (χ3v) is 3.04. The van der Waals surface area contributed by atoms with Gasteiger partial charge >= 0.3 is 7.82 Å². The molecule has 0 atom stereocenters. The molecule has 3 aromatic carbocycles. The molecule has 0 bridgehead atoms. The topological polar surface area (TPSA) is 81.0 Å². The first-order valence-electron chi connectivity index (χ1n) is 7.19. The lowest BCUT2D eigenvalue weighted by Gasteiger charge is -2.25. The molecule has 0 aromatic heterocycles. The highest BCUT2D eigenvalue weighted by Gasteiger charge is 2.10. The standard InChI is InChI=1S/C18H15N.H3O4P/c1-4-10-16(11-5-1)19(17-12-6-2-7-13-17)18-14-8-3-9-15-18;1-5(2,3)4/h1-15H;(H3,1,2,3,4). The van der Waals surface area contributed by atoms with Gasteiger partial charge in [-0.3, -0.25) is 0 Å². The molecule has 0 aliphatic rings. The molecule has 3 aromatic rings. The average molecular weight is 343 g/mol. The van der Waals surface area contributed by atoms with Gasteiger partial charge in [0.15, 0.2) is 0 Å². The summed E-state index contributed by atoms with van der Waals surface area (Å²) < 4.78 is 8.88. The van der Waals surface area contributed by atoms with Crippen molar-refractivity contribution in [3.8, 4) is 0 Å². The lowest BCUT2D eigenvalue weighted by molar-refractivity contribution is 0.275. The van der Waals surface area contributed by atoms with Crippen LogP contribution in [0.15, 0.2) is 91.0 Å². The van der Waals surface area contributed by atoms with Crippen LogP contribution in [-0.4, -0.2) is 14.7 Å². The summed E-state index contributed by atoms with van der Waals surface area (Å²) in [4.78, 5) is 23.8. The number of benzene rings is 3. The lowest BCUT2D eigenvalue weighted by atomic mass is 10.2. The van der Waals surface area contributed by atoms with Gasteiger partial charge in [0, 0.05) is 17.1 Å². The van der Waals surface area contributed by atoms with E-state index in [1.165, 1.54) is 17.1 Å². The van der Waals surface area contributed by atoms with Crippen LogP contribution < -0.4 is 4.90 Å². The van der Waals surface area contributed by atoms with Gasteiger partial charge in [-0.25, -0.2) is 4.57 Å². The number of anilines is 3. The summed E-state index contributed by atoms with van der Waals surface area (Å²) in [5, 5.41) is 0. The summed E-state index contributed by atoms with van der Waals surface area (Å²) in [5.41, 5.74) is 3.50. The van der Waals surface area contributed by atoms with Gasteiger partial charge in [-0.15, -0.1) is 0 Å². The second kappa shape index (κ2) is 8.43. The molecule has 3 rings (SSSR count). The van der Waals surface area contributed by atoms with E-state index >= 15 is 0 Å². The highest BCUT2D eigenvalue weighted by atomic mass is 31.2. The molecule has 3 N–H and O–H groups in total. The first-order valence-corrected chi connectivity index (χ1v) is 8.75. The monoisotopic (exact) mass is 343 g/mol. The summed E-state index contributed by atoms with van der Waals surface area (Å²) in [6, 6.07) is 31.3. The predicted molar refractivity (Wildman–Crippen MR) is 95.4 cm³/mol. The SMILES string of the molecule is O=P(O)(O)O.c1ccc(N(c2ccccc2)c2ccccc2)cc1. The van der Waals surface area contributed by atoms with Gasteiger partial charge in [0.25, 0.3) is 0 Å². The van der Waals surface area contributed by atoms with Crippen LogP contribution in [0, 0.1) is 0 Å². The van der Waals surface area contributed by atoms with E-state index in [1.807, 2.05) is 18.2 Å². The van der Waals surface area contributed by atoms with Crippen molar-refractivity contribution in [2.24, 2.45) is 0 Å². The zero-order valence-corrected chi connectivity index (χ0v) is 13.7. The molecule has 24 heavy (non-hydrogen) atoms. The summed E-state index contributed by atoms with van der Waals surface area (Å²) >= 11 is 0. The summed E-state index contributed by atoms with van der Waals surface area (Å²) in [6.07, 6.45) is 0. The molecule has 0 fully saturated rings. The normalized spacial score (nSPS) is 10.5. The Bertz CT molecular complexity index is 674. The maximum atomic E-state index is 8.88. The fourth-order valence-electron chi connectivity index (χ4n) is 2.18. The van der Waals surface area contributed by atoms with Gasteiger partial charge in [-0.05, 0) is 36.4 Å². The van der Waals surface area contributed by atoms with E-state index < -0.39 is 7.82 Å². The first-order chi connectivity index (χ1) is 11.4. The van der Waals surface area contributed by atoms with Gasteiger partial charge in [-0.1, -0.05) is 54.6 Å². The number of phosphoric acid groups is 1. The molecule has 0 heterocycles. The Morgan fingerprint density at radius 2 is 0.750 bits per heavy atom. The highest BCUT2D eigenvalue weighted by molar-refractivity contribution is 7.45. The van der Waals surface area contributed by atoms with E-state index in [9.17, 15) is 0 Å². The van der Waals surface area contributed by atoms with Crippen molar-refractivity contribution in [2.45, 2.75) is 0 Å². The second-order valence-corrected chi connectivity index (χ2v) is 5.88. The van der Waals surface area contributed by atoms with E-state index in [1.54, 1.807) is 0 Å².